The van der Waals surface area contributed by atoms with Gasteiger partial charge in [-0.05, 0) is 32.0 Å². The zero-order chi connectivity index (χ0) is 23.7. The summed E-state index contributed by atoms with van der Waals surface area (Å²) in [5.74, 6) is 0.998. The van der Waals surface area contributed by atoms with Gasteiger partial charge in [-0.15, -0.1) is 10.2 Å². The number of hydrogen-bond acceptors (Lipinski definition) is 6. The van der Waals surface area contributed by atoms with Gasteiger partial charge >= 0.3 is 6.09 Å². The molecule has 174 valence electrons. The average Bonchev–Trinajstić information content (AvgIpc) is 3.52. The normalized spacial score (nSPS) is 16.8. The number of pyridine rings is 1. The van der Waals surface area contributed by atoms with Gasteiger partial charge in [0, 0.05) is 23.9 Å². The highest BCUT2D eigenvalue weighted by molar-refractivity contribution is 5.90. The molecule has 0 radical (unpaired) electrons. The molecule has 5 heterocycles. The molecule has 1 amide bonds. The third-order valence-corrected chi connectivity index (χ3v) is 6.72. The average molecular weight is 464 g/mol. The number of aromatic nitrogens is 5. The van der Waals surface area contributed by atoms with E-state index >= 15 is 0 Å². The van der Waals surface area contributed by atoms with Crippen molar-refractivity contribution in [3.8, 4) is 22.9 Å². The van der Waals surface area contributed by atoms with Crippen LogP contribution < -0.4 is 14.4 Å². The summed E-state index contributed by atoms with van der Waals surface area (Å²) in [5.41, 5.74) is 3.85. The summed E-state index contributed by atoms with van der Waals surface area (Å²) >= 11 is 0. The molecular weight excluding hydrogens is 443 g/mol. The molecule has 4 aromatic rings. The zero-order valence-corrected chi connectivity index (χ0v) is 18.7. The van der Waals surface area contributed by atoms with E-state index in [1.165, 1.54) is 12.4 Å². The van der Waals surface area contributed by atoms with Gasteiger partial charge in [0.1, 0.15) is 23.7 Å². The van der Waals surface area contributed by atoms with Crippen LogP contribution in [0.4, 0.5) is 15.0 Å². The lowest BCUT2D eigenvalue weighted by molar-refractivity contribution is 0.200. The van der Waals surface area contributed by atoms with E-state index in [9.17, 15) is 14.3 Å². The third kappa shape index (κ3) is 2.79. The number of benzene rings is 1. The van der Waals surface area contributed by atoms with Crippen LogP contribution in [0.5, 0.6) is 11.5 Å². The van der Waals surface area contributed by atoms with Crippen LogP contribution in [0.2, 0.25) is 0 Å². The van der Waals surface area contributed by atoms with Gasteiger partial charge in [-0.2, -0.15) is 0 Å². The summed E-state index contributed by atoms with van der Waals surface area (Å²) < 4.78 is 30.4. The Balaban J connectivity index is 1.62. The van der Waals surface area contributed by atoms with Gasteiger partial charge in [0.25, 0.3) is 0 Å². The van der Waals surface area contributed by atoms with Gasteiger partial charge in [-0.3, -0.25) is 9.30 Å². The summed E-state index contributed by atoms with van der Waals surface area (Å²) in [6.45, 7) is 4.19. The number of halogens is 1. The van der Waals surface area contributed by atoms with Gasteiger partial charge in [0.2, 0.25) is 0 Å². The molecule has 0 saturated heterocycles. The lowest BCUT2D eigenvalue weighted by Gasteiger charge is -2.23. The number of anilines is 1. The second-order valence-corrected chi connectivity index (χ2v) is 8.56. The number of amides is 1. The smallest absolute Gasteiger partial charge is 0.413 e. The molecule has 1 N–H and O–H groups in total. The molecule has 6 rings (SSSR count). The Morgan fingerprint density at radius 1 is 1.21 bits per heavy atom. The molecular formula is C23H21FN6O4. The Labute approximate surface area is 193 Å². The Bertz CT molecular complexity index is 1490. The fourth-order valence-electron chi connectivity index (χ4n) is 4.78. The van der Waals surface area contributed by atoms with E-state index in [0.29, 0.717) is 40.7 Å². The molecule has 1 atom stereocenters. The number of carbonyl (C=O) groups is 1. The summed E-state index contributed by atoms with van der Waals surface area (Å²) in [7, 11) is 1.90. The van der Waals surface area contributed by atoms with Crippen molar-refractivity contribution in [2.24, 2.45) is 7.05 Å². The predicted octanol–water partition coefficient (Wildman–Crippen LogP) is 3.44. The number of nitrogens with zero attached hydrogens (tertiary/aromatic N) is 6. The van der Waals surface area contributed by atoms with Crippen molar-refractivity contribution in [3.63, 3.8) is 0 Å². The fourth-order valence-corrected chi connectivity index (χ4v) is 4.78. The summed E-state index contributed by atoms with van der Waals surface area (Å²) in [5, 5.41) is 18.5. The van der Waals surface area contributed by atoms with Crippen molar-refractivity contribution < 1.29 is 23.8 Å². The first-order valence-corrected chi connectivity index (χ1v) is 10.8. The molecule has 2 aliphatic rings. The number of imidazole rings is 1. The van der Waals surface area contributed by atoms with E-state index in [-0.39, 0.29) is 30.5 Å². The molecule has 1 aromatic carbocycles. The highest BCUT2D eigenvalue weighted by Crippen LogP contribution is 2.43. The van der Waals surface area contributed by atoms with Crippen molar-refractivity contribution in [2.45, 2.75) is 26.3 Å². The van der Waals surface area contributed by atoms with Gasteiger partial charge in [-0.1, -0.05) is 0 Å². The van der Waals surface area contributed by atoms with Crippen LogP contribution in [0.25, 0.3) is 17.0 Å². The molecule has 3 aromatic heterocycles. The minimum absolute atomic E-state index is 0.190. The van der Waals surface area contributed by atoms with E-state index in [0.717, 1.165) is 16.3 Å². The molecule has 0 unspecified atom stereocenters. The number of ether oxygens (including phenoxy) is 2. The SMILES string of the molecule is Cc1nc(-c2cc3c(n4cnnc24)N(C(=O)O)Cc2c(F)ccc4c2[C@@H](CO4)CO3)n(C)c1C. The molecule has 0 bridgehead atoms. The van der Waals surface area contributed by atoms with E-state index in [2.05, 4.69) is 15.2 Å². The van der Waals surface area contributed by atoms with E-state index in [1.54, 1.807) is 16.5 Å². The molecule has 0 saturated carbocycles. The van der Waals surface area contributed by atoms with Gasteiger partial charge in [0.15, 0.2) is 17.2 Å². The number of fused-ring (bicyclic) bond motifs is 3. The van der Waals surface area contributed by atoms with E-state index in [4.69, 9.17) is 9.47 Å². The summed E-state index contributed by atoms with van der Waals surface area (Å²) in [6.07, 6.45) is 0.170. The molecule has 0 fully saturated rings. The lowest BCUT2D eigenvalue weighted by Crippen LogP contribution is -2.31. The maximum atomic E-state index is 15.0. The van der Waals surface area contributed by atoms with Gasteiger partial charge in [-0.25, -0.2) is 14.2 Å². The van der Waals surface area contributed by atoms with Crippen molar-refractivity contribution >= 4 is 17.6 Å². The highest BCUT2D eigenvalue weighted by atomic mass is 19.1. The van der Waals surface area contributed by atoms with Crippen LogP contribution in [0.15, 0.2) is 24.5 Å². The van der Waals surface area contributed by atoms with Crippen molar-refractivity contribution in [1.29, 1.82) is 0 Å². The van der Waals surface area contributed by atoms with E-state index < -0.39 is 11.9 Å². The number of rotatable bonds is 1. The minimum atomic E-state index is -1.26. The quantitative estimate of drug-likeness (QED) is 0.460. The molecule has 34 heavy (non-hydrogen) atoms. The topological polar surface area (TPSA) is 107 Å². The lowest BCUT2D eigenvalue weighted by atomic mass is 9.95. The second kappa shape index (κ2) is 7.17. The Kier molecular flexibility index (Phi) is 4.32. The van der Waals surface area contributed by atoms with Crippen molar-refractivity contribution in [3.05, 3.63) is 52.9 Å². The van der Waals surface area contributed by atoms with Crippen LogP contribution in [-0.4, -0.2) is 48.6 Å². The standard InChI is InChI=1S/C23H21FN6O4/c1-11-12(2)28(3)20(26-11)14-6-18-22(30-10-25-27-21(14)30)29(23(31)32)7-15-16(24)4-5-17-19(15)13(8-33-17)9-34-18/h4-6,10,13H,7-9H2,1-3H3,(H,31,32)/t13-/m0/s1. The zero-order valence-electron chi connectivity index (χ0n) is 18.7. The van der Waals surface area contributed by atoms with E-state index in [1.807, 2.05) is 25.5 Å². The maximum absolute atomic E-state index is 15.0. The van der Waals surface area contributed by atoms with Crippen molar-refractivity contribution in [1.82, 2.24) is 24.1 Å². The summed E-state index contributed by atoms with van der Waals surface area (Å²) in [4.78, 5) is 18.2. The fraction of sp³-hybridized carbons (Fsp3) is 0.304. The summed E-state index contributed by atoms with van der Waals surface area (Å²) in [6, 6.07) is 4.62. The highest BCUT2D eigenvalue weighted by Gasteiger charge is 2.35. The number of aryl methyl sites for hydroxylation is 1. The monoisotopic (exact) mass is 464 g/mol. The number of carboxylic acid groups (broad SMARTS) is 1. The largest absolute Gasteiger partial charge is 0.493 e. The molecule has 10 nitrogen and oxygen atoms in total. The Morgan fingerprint density at radius 3 is 2.68 bits per heavy atom. The Morgan fingerprint density at radius 2 is 1.97 bits per heavy atom. The molecule has 0 aliphatic carbocycles. The number of hydrogen-bond donors (Lipinski definition) is 1. The second-order valence-electron chi connectivity index (χ2n) is 8.56. The van der Waals surface area contributed by atoms with Crippen LogP contribution in [0.3, 0.4) is 0 Å². The first-order valence-electron chi connectivity index (χ1n) is 10.8. The van der Waals surface area contributed by atoms with Gasteiger partial charge in [0.05, 0.1) is 36.9 Å². The maximum Gasteiger partial charge on any atom is 0.413 e. The van der Waals surface area contributed by atoms with Crippen LogP contribution in [0, 0.1) is 19.7 Å². The molecule has 11 heteroatoms. The first kappa shape index (κ1) is 20.5. The molecule has 0 spiro atoms. The third-order valence-electron chi connectivity index (χ3n) is 6.72. The van der Waals surface area contributed by atoms with Crippen LogP contribution >= 0.6 is 0 Å². The van der Waals surface area contributed by atoms with Crippen LogP contribution in [-0.2, 0) is 13.6 Å². The Hall–Kier alpha value is -4.15. The van der Waals surface area contributed by atoms with Gasteiger partial charge < -0.3 is 19.1 Å². The van der Waals surface area contributed by atoms with Crippen molar-refractivity contribution in [2.75, 3.05) is 18.1 Å². The minimum Gasteiger partial charge on any atom is -0.493 e. The predicted molar refractivity (Wildman–Crippen MR) is 119 cm³/mol. The first-order chi connectivity index (χ1) is 16.3. The molecule has 2 aliphatic heterocycles. The van der Waals surface area contributed by atoms with Crippen LogP contribution in [0.1, 0.15) is 28.4 Å².